The van der Waals surface area contributed by atoms with E-state index in [1.807, 2.05) is 0 Å². The number of hydrogen-bond acceptors (Lipinski definition) is 2. The van der Waals surface area contributed by atoms with Crippen LogP contribution in [0.1, 0.15) is 12.8 Å². The van der Waals surface area contributed by atoms with Gasteiger partial charge < -0.3 is 4.90 Å². The van der Waals surface area contributed by atoms with Gasteiger partial charge in [0.15, 0.2) is 0 Å². The zero-order chi connectivity index (χ0) is 5.98. The van der Waals surface area contributed by atoms with Gasteiger partial charge in [0.05, 0.1) is 5.88 Å². The molecule has 0 bridgehead atoms. The summed E-state index contributed by atoms with van der Waals surface area (Å²) < 4.78 is 0. The Morgan fingerprint density at radius 1 is 1.75 bits per heavy atom. The largest absolute Gasteiger partial charge is 0.334 e. The Morgan fingerprint density at radius 2 is 2.50 bits per heavy atom. The first-order chi connectivity index (χ1) is 3.84. The van der Waals surface area contributed by atoms with E-state index < -0.39 is 0 Å². The van der Waals surface area contributed by atoms with Crippen LogP contribution < -0.4 is 0 Å². The summed E-state index contributed by atoms with van der Waals surface area (Å²) in [5.41, 5.74) is 0. The first-order valence-corrected chi connectivity index (χ1v) is 3.36. The lowest BCUT2D eigenvalue weighted by atomic mass is 10.4. The smallest absolute Gasteiger partial charge is 0.223 e. The fourth-order valence-electron chi connectivity index (χ4n) is 0.854. The second-order valence-corrected chi connectivity index (χ2v) is 2.18. The van der Waals surface area contributed by atoms with Crippen molar-refractivity contribution in [3.63, 3.8) is 0 Å². The molecule has 0 aromatic heterocycles. The summed E-state index contributed by atoms with van der Waals surface area (Å²) in [6.07, 6.45) is 1.74. The molecule has 1 aliphatic heterocycles. The summed E-state index contributed by atoms with van der Waals surface area (Å²) in [6.45, 7) is 0.905. The first kappa shape index (κ1) is 5.95. The molecule has 1 aliphatic rings. The van der Waals surface area contributed by atoms with Crippen molar-refractivity contribution in [2.24, 2.45) is 0 Å². The lowest BCUT2D eigenvalue weighted by molar-refractivity contribution is -0.126. The van der Waals surface area contributed by atoms with E-state index in [-0.39, 0.29) is 5.91 Å². The van der Waals surface area contributed by atoms with E-state index in [0.29, 0.717) is 5.88 Å². The molecule has 1 heterocycles. The van der Waals surface area contributed by atoms with E-state index in [1.165, 1.54) is 0 Å². The highest BCUT2D eigenvalue weighted by Gasteiger charge is 2.17. The third kappa shape index (κ3) is 0.968. The van der Waals surface area contributed by atoms with Crippen LogP contribution in [0.3, 0.4) is 0 Å². The molecular formula is C5H9NOS. The molecule has 0 aliphatic carbocycles. The van der Waals surface area contributed by atoms with Crippen molar-refractivity contribution < 1.29 is 4.79 Å². The molecule has 46 valence electrons. The molecule has 0 aromatic rings. The second-order valence-electron chi connectivity index (χ2n) is 1.90. The molecule has 0 atom stereocenters. The van der Waals surface area contributed by atoms with Gasteiger partial charge >= 0.3 is 0 Å². The predicted molar refractivity (Wildman–Crippen MR) is 34.8 cm³/mol. The van der Waals surface area contributed by atoms with E-state index in [2.05, 4.69) is 12.6 Å². The normalized spacial score (nSPS) is 20.1. The summed E-state index contributed by atoms with van der Waals surface area (Å²) in [4.78, 5) is 12.4. The van der Waals surface area contributed by atoms with Gasteiger partial charge in [0.1, 0.15) is 0 Å². The number of nitrogens with zero attached hydrogens (tertiary/aromatic N) is 1. The van der Waals surface area contributed by atoms with E-state index >= 15 is 0 Å². The Balaban J connectivity index is 2.42. The van der Waals surface area contributed by atoms with Crippen molar-refractivity contribution in [2.75, 3.05) is 12.4 Å². The minimum atomic E-state index is 0.250. The monoisotopic (exact) mass is 131 g/mol. The van der Waals surface area contributed by atoms with Crippen molar-refractivity contribution >= 4 is 18.5 Å². The zero-order valence-corrected chi connectivity index (χ0v) is 5.53. The highest BCUT2D eigenvalue weighted by Crippen LogP contribution is 2.08. The standard InChI is InChI=1S/C5H9NOS/c7-5-2-1-3-6(5)4-8/h8H,1-4H2. The lowest BCUT2D eigenvalue weighted by Crippen LogP contribution is -2.22. The molecule has 2 nitrogen and oxygen atoms in total. The molecule has 0 saturated carbocycles. The summed E-state index contributed by atoms with van der Waals surface area (Å²) in [7, 11) is 0. The average Bonchev–Trinajstić information content (AvgIpc) is 2.14. The number of carbonyl (C=O) groups excluding carboxylic acids is 1. The highest BCUT2D eigenvalue weighted by atomic mass is 32.1. The maximum absolute atomic E-state index is 10.7. The van der Waals surface area contributed by atoms with Crippen LogP contribution in [0.4, 0.5) is 0 Å². The van der Waals surface area contributed by atoms with Gasteiger partial charge in [-0.25, -0.2) is 0 Å². The molecule has 1 saturated heterocycles. The van der Waals surface area contributed by atoms with Crippen molar-refractivity contribution in [1.29, 1.82) is 0 Å². The van der Waals surface area contributed by atoms with Gasteiger partial charge in [-0.3, -0.25) is 4.79 Å². The third-order valence-electron chi connectivity index (χ3n) is 1.34. The van der Waals surface area contributed by atoms with Crippen molar-refractivity contribution in [1.82, 2.24) is 4.90 Å². The number of amides is 1. The Bertz CT molecular complexity index is 105. The minimum Gasteiger partial charge on any atom is -0.334 e. The van der Waals surface area contributed by atoms with Crippen LogP contribution in [0, 0.1) is 0 Å². The average molecular weight is 131 g/mol. The molecule has 0 spiro atoms. The van der Waals surface area contributed by atoms with Crippen LogP contribution in [-0.2, 0) is 4.79 Å². The Kier molecular flexibility index (Phi) is 1.78. The Labute approximate surface area is 54.3 Å². The molecule has 0 N–H and O–H groups in total. The van der Waals surface area contributed by atoms with E-state index in [0.717, 1.165) is 19.4 Å². The topological polar surface area (TPSA) is 20.3 Å². The van der Waals surface area contributed by atoms with Gasteiger partial charge in [-0.05, 0) is 6.42 Å². The highest BCUT2D eigenvalue weighted by molar-refractivity contribution is 7.80. The van der Waals surface area contributed by atoms with E-state index in [4.69, 9.17) is 0 Å². The van der Waals surface area contributed by atoms with Gasteiger partial charge in [-0.2, -0.15) is 12.6 Å². The fraction of sp³-hybridized carbons (Fsp3) is 0.800. The number of rotatable bonds is 1. The molecular weight excluding hydrogens is 122 g/mol. The van der Waals surface area contributed by atoms with Crippen LogP contribution in [0.2, 0.25) is 0 Å². The van der Waals surface area contributed by atoms with Crippen LogP contribution in [0.15, 0.2) is 0 Å². The van der Waals surface area contributed by atoms with Crippen LogP contribution in [-0.4, -0.2) is 23.2 Å². The van der Waals surface area contributed by atoms with Gasteiger partial charge in [-0.1, -0.05) is 0 Å². The van der Waals surface area contributed by atoms with Crippen molar-refractivity contribution in [3.05, 3.63) is 0 Å². The van der Waals surface area contributed by atoms with Crippen LogP contribution in [0.5, 0.6) is 0 Å². The number of hydrogen-bond donors (Lipinski definition) is 1. The fourth-order valence-corrected chi connectivity index (χ4v) is 1.15. The number of thiol groups is 1. The molecule has 3 heteroatoms. The van der Waals surface area contributed by atoms with E-state index in [9.17, 15) is 4.79 Å². The number of likely N-dealkylation sites (tertiary alicyclic amines) is 1. The van der Waals surface area contributed by atoms with Gasteiger partial charge in [0, 0.05) is 13.0 Å². The SMILES string of the molecule is O=C1CCCN1CS. The van der Waals surface area contributed by atoms with E-state index in [1.54, 1.807) is 4.90 Å². The van der Waals surface area contributed by atoms with Gasteiger partial charge in [0.2, 0.25) is 5.91 Å². The second kappa shape index (κ2) is 2.40. The van der Waals surface area contributed by atoms with Gasteiger partial charge in [0.25, 0.3) is 0 Å². The third-order valence-corrected chi connectivity index (χ3v) is 1.68. The summed E-state index contributed by atoms with van der Waals surface area (Å²) in [5, 5.41) is 0. The number of carbonyl (C=O) groups is 1. The molecule has 1 amide bonds. The maximum atomic E-state index is 10.7. The minimum absolute atomic E-state index is 0.250. The summed E-state index contributed by atoms with van der Waals surface area (Å²) >= 11 is 3.98. The first-order valence-electron chi connectivity index (χ1n) is 2.73. The molecule has 0 aromatic carbocycles. The van der Waals surface area contributed by atoms with Crippen molar-refractivity contribution in [2.45, 2.75) is 12.8 Å². The zero-order valence-electron chi connectivity index (χ0n) is 4.63. The summed E-state index contributed by atoms with van der Waals surface area (Å²) in [5.74, 6) is 0.832. The molecule has 0 unspecified atom stereocenters. The van der Waals surface area contributed by atoms with Crippen LogP contribution in [0.25, 0.3) is 0 Å². The van der Waals surface area contributed by atoms with Crippen LogP contribution >= 0.6 is 12.6 Å². The molecule has 8 heavy (non-hydrogen) atoms. The quantitative estimate of drug-likeness (QED) is 0.514. The van der Waals surface area contributed by atoms with Crippen molar-refractivity contribution in [3.8, 4) is 0 Å². The predicted octanol–water partition coefficient (Wildman–Crippen LogP) is 0.496. The summed E-state index contributed by atoms with van der Waals surface area (Å²) in [6, 6.07) is 0. The lowest BCUT2D eigenvalue weighted by Gasteiger charge is -2.09. The maximum Gasteiger partial charge on any atom is 0.223 e. The Morgan fingerprint density at radius 3 is 2.75 bits per heavy atom. The van der Waals surface area contributed by atoms with Gasteiger partial charge in [-0.15, -0.1) is 0 Å². The Hall–Kier alpha value is -0.180. The molecule has 1 fully saturated rings. The molecule has 1 rings (SSSR count). The molecule has 0 radical (unpaired) electrons.